The van der Waals surface area contributed by atoms with E-state index < -0.39 is 35.8 Å². The lowest BCUT2D eigenvalue weighted by Gasteiger charge is -2.31. The van der Waals surface area contributed by atoms with E-state index in [1.807, 2.05) is 0 Å². The zero-order valence-corrected chi connectivity index (χ0v) is 12.3. The first-order valence-corrected chi connectivity index (χ1v) is 6.21. The van der Waals surface area contributed by atoms with Crippen LogP contribution in [0.25, 0.3) is 0 Å². The van der Waals surface area contributed by atoms with Crippen molar-refractivity contribution in [1.82, 2.24) is 0 Å². The number of rotatable bonds is 7. The van der Waals surface area contributed by atoms with Crippen LogP contribution in [-0.2, 0) is 19.9 Å². The molecule has 0 spiro atoms. The molecule has 0 aliphatic rings. The summed E-state index contributed by atoms with van der Waals surface area (Å²) in [7, 11) is 3.59. The lowest BCUT2D eigenvalue weighted by Crippen LogP contribution is -2.46. The second-order valence-electron chi connectivity index (χ2n) is 4.53. The lowest BCUT2D eigenvalue weighted by atomic mass is 9.87. The van der Waals surface area contributed by atoms with Crippen LogP contribution in [0.4, 0.5) is 13.2 Å². The number of halogens is 3. The summed E-state index contributed by atoms with van der Waals surface area (Å²) in [6.07, 6.45) is -7.76. The molecule has 22 heavy (non-hydrogen) atoms. The van der Waals surface area contributed by atoms with Gasteiger partial charge in [-0.25, -0.2) is 0 Å². The van der Waals surface area contributed by atoms with Crippen molar-refractivity contribution >= 4 is 5.78 Å². The molecule has 0 amide bonds. The number of ether oxygens (including phenoxy) is 3. The molecule has 0 aliphatic heterocycles. The van der Waals surface area contributed by atoms with E-state index in [1.54, 1.807) is 0 Å². The van der Waals surface area contributed by atoms with E-state index in [-0.39, 0.29) is 0 Å². The Kier molecular flexibility index (Phi) is 5.92. The highest BCUT2D eigenvalue weighted by Gasteiger charge is 2.56. The molecule has 0 saturated heterocycles. The summed E-state index contributed by atoms with van der Waals surface area (Å²) < 4.78 is 54.0. The number of hydrogen-bond acceptors (Lipinski definition) is 5. The second-order valence-corrected chi connectivity index (χ2v) is 4.53. The molecule has 0 aliphatic carbocycles. The Morgan fingerprint density at radius 1 is 1.14 bits per heavy atom. The standard InChI is InChI=1S/C14H17F3O5/c1-20-10-6-4-9(5-7-10)13(19,14(15,16)17)8-11(18)12(21-2)22-3/h4-7,12,19H,8H2,1-3H3. The van der Waals surface area contributed by atoms with Gasteiger partial charge in [-0.3, -0.25) is 4.79 Å². The fourth-order valence-corrected chi connectivity index (χ4v) is 1.93. The first kappa shape index (κ1) is 18.4. The predicted octanol–water partition coefficient (Wildman–Crippen LogP) is 2.02. The van der Waals surface area contributed by atoms with Crippen molar-refractivity contribution in [2.24, 2.45) is 0 Å². The van der Waals surface area contributed by atoms with Gasteiger partial charge in [-0.2, -0.15) is 13.2 Å². The van der Waals surface area contributed by atoms with Gasteiger partial charge in [-0.1, -0.05) is 12.1 Å². The van der Waals surface area contributed by atoms with Crippen molar-refractivity contribution in [1.29, 1.82) is 0 Å². The Bertz CT molecular complexity index is 496. The number of ketones is 1. The van der Waals surface area contributed by atoms with Crippen LogP contribution in [0.1, 0.15) is 12.0 Å². The molecule has 1 atom stereocenters. The van der Waals surface area contributed by atoms with Crippen molar-refractivity contribution in [3.63, 3.8) is 0 Å². The maximum absolute atomic E-state index is 13.3. The van der Waals surface area contributed by atoms with Crippen molar-refractivity contribution < 1.29 is 37.3 Å². The number of methoxy groups -OCH3 is 3. The summed E-state index contributed by atoms with van der Waals surface area (Å²) in [6, 6.07) is 4.63. The van der Waals surface area contributed by atoms with Crippen LogP contribution in [0.2, 0.25) is 0 Å². The monoisotopic (exact) mass is 322 g/mol. The quantitative estimate of drug-likeness (QED) is 0.778. The fourth-order valence-electron chi connectivity index (χ4n) is 1.93. The molecule has 124 valence electrons. The number of alkyl halides is 3. The molecule has 0 radical (unpaired) electrons. The number of carbonyl (C=O) groups is 1. The van der Waals surface area contributed by atoms with E-state index in [0.29, 0.717) is 5.75 Å². The summed E-state index contributed by atoms with van der Waals surface area (Å²) in [5.74, 6) is -0.702. The van der Waals surface area contributed by atoms with E-state index in [2.05, 4.69) is 9.47 Å². The summed E-state index contributed by atoms with van der Waals surface area (Å²) in [5, 5.41) is 10.1. The summed E-state index contributed by atoms with van der Waals surface area (Å²) in [6.45, 7) is 0. The molecule has 0 aromatic heterocycles. The Morgan fingerprint density at radius 2 is 1.64 bits per heavy atom. The highest BCUT2D eigenvalue weighted by Crippen LogP contribution is 2.42. The Labute approximate surface area is 125 Å². The van der Waals surface area contributed by atoms with Gasteiger partial charge in [0.2, 0.25) is 6.29 Å². The number of Topliss-reactive ketones (excluding diaryl/α,β-unsaturated/α-hetero) is 1. The first-order chi connectivity index (χ1) is 10.2. The highest BCUT2D eigenvalue weighted by atomic mass is 19.4. The van der Waals surface area contributed by atoms with Gasteiger partial charge in [0.25, 0.3) is 0 Å². The number of aliphatic hydroxyl groups is 1. The third-order valence-electron chi connectivity index (χ3n) is 3.16. The average molecular weight is 322 g/mol. The highest BCUT2D eigenvalue weighted by molar-refractivity contribution is 5.83. The SMILES string of the molecule is COc1ccc(C(O)(CC(=O)C(OC)OC)C(F)(F)F)cc1. The van der Waals surface area contributed by atoms with Gasteiger partial charge in [-0.05, 0) is 17.7 Å². The third kappa shape index (κ3) is 3.76. The van der Waals surface area contributed by atoms with E-state index >= 15 is 0 Å². The van der Waals surface area contributed by atoms with Crippen LogP contribution in [0, 0.1) is 0 Å². The number of benzene rings is 1. The Morgan fingerprint density at radius 3 is 2.00 bits per heavy atom. The van der Waals surface area contributed by atoms with Gasteiger partial charge >= 0.3 is 6.18 Å². The number of hydrogen-bond donors (Lipinski definition) is 1. The topological polar surface area (TPSA) is 65.0 Å². The maximum atomic E-state index is 13.3. The Balaban J connectivity index is 3.17. The molecular weight excluding hydrogens is 305 g/mol. The molecule has 0 heterocycles. The minimum absolute atomic E-state index is 0.325. The smallest absolute Gasteiger partial charge is 0.421 e. The molecule has 5 nitrogen and oxygen atoms in total. The van der Waals surface area contributed by atoms with Crippen LogP contribution in [-0.4, -0.2) is 44.7 Å². The van der Waals surface area contributed by atoms with Crippen molar-refractivity contribution in [2.75, 3.05) is 21.3 Å². The largest absolute Gasteiger partial charge is 0.497 e. The molecule has 1 aromatic rings. The Hall–Kier alpha value is -1.64. The molecule has 0 bridgehead atoms. The van der Waals surface area contributed by atoms with Gasteiger partial charge < -0.3 is 19.3 Å². The van der Waals surface area contributed by atoms with Gasteiger partial charge in [0.15, 0.2) is 11.4 Å². The predicted molar refractivity (Wildman–Crippen MR) is 70.4 cm³/mol. The second kappa shape index (κ2) is 7.08. The van der Waals surface area contributed by atoms with Crippen LogP contribution < -0.4 is 4.74 Å². The molecular formula is C14H17F3O5. The lowest BCUT2D eigenvalue weighted by molar-refractivity contribution is -0.269. The van der Waals surface area contributed by atoms with E-state index in [4.69, 9.17) is 4.74 Å². The zero-order chi connectivity index (χ0) is 17.0. The summed E-state index contributed by atoms with van der Waals surface area (Å²) >= 11 is 0. The van der Waals surface area contributed by atoms with Gasteiger partial charge in [0, 0.05) is 14.2 Å². The first-order valence-electron chi connectivity index (χ1n) is 6.21. The third-order valence-corrected chi connectivity index (χ3v) is 3.16. The van der Waals surface area contributed by atoms with Gasteiger partial charge in [0.05, 0.1) is 13.5 Å². The minimum Gasteiger partial charge on any atom is -0.497 e. The molecule has 1 unspecified atom stereocenters. The minimum atomic E-state index is -5.05. The van der Waals surface area contributed by atoms with Gasteiger partial charge in [-0.15, -0.1) is 0 Å². The molecule has 1 aromatic carbocycles. The van der Waals surface area contributed by atoms with Crippen molar-refractivity contribution in [2.45, 2.75) is 24.5 Å². The fraction of sp³-hybridized carbons (Fsp3) is 0.500. The number of carbonyl (C=O) groups excluding carboxylic acids is 1. The van der Waals surface area contributed by atoms with Crippen LogP contribution in [0.5, 0.6) is 5.75 Å². The van der Waals surface area contributed by atoms with Crippen LogP contribution in [0.15, 0.2) is 24.3 Å². The van der Waals surface area contributed by atoms with Gasteiger partial charge in [0.1, 0.15) is 5.75 Å². The molecule has 1 N–H and O–H groups in total. The zero-order valence-electron chi connectivity index (χ0n) is 12.3. The average Bonchev–Trinajstić information content (AvgIpc) is 2.47. The van der Waals surface area contributed by atoms with E-state index in [9.17, 15) is 23.1 Å². The normalized spacial score (nSPS) is 14.7. The van der Waals surface area contributed by atoms with Crippen molar-refractivity contribution in [3.05, 3.63) is 29.8 Å². The summed E-state index contributed by atoms with van der Waals surface area (Å²) in [5.41, 5.74) is -3.81. The van der Waals surface area contributed by atoms with Crippen molar-refractivity contribution in [3.8, 4) is 5.75 Å². The molecule has 1 rings (SSSR count). The van der Waals surface area contributed by atoms with Crippen LogP contribution in [0.3, 0.4) is 0 Å². The molecule has 8 heteroatoms. The van der Waals surface area contributed by atoms with E-state index in [1.165, 1.54) is 19.2 Å². The maximum Gasteiger partial charge on any atom is 0.421 e. The molecule has 0 saturated carbocycles. The van der Waals surface area contributed by atoms with E-state index in [0.717, 1.165) is 26.4 Å². The molecule has 0 fully saturated rings. The van der Waals surface area contributed by atoms with Crippen LogP contribution >= 0.6 is 0 Å². The summed E-state index contributed by atoms with van der Waals surface area (Å²) in [4.78, 5) is 11.8.